The number of anilines is 1. The van der Waals surface area contributed by atoms with Gasteiger partial charge in [0.05, 0.1) is 29.8 Å². The zero-order chi connectivity index (χ0) is 30.7. The Labute approximate surface area is 264 Å². The molecule has 5 nitrogen and oxygen atoms in total. The second-order valence-electron chi connectivity index (χ2n) is 10.7. The first-order chi connectivity index (χ1) is 21.6. The van der Waals surface area contributed by atoms with E-state index in [0.29, 0.717) is 0 Å². The zero-order valence-corrected chi connectivity index (χ0v) is 26.1. The van der Waals surface area contributed by atoms with Crippen LogP contribution in [-0.2, 0) is 9.37 Å². The van der Waals surface area contributed by atoms with Crippen LogP contribution in [0.4, 0.5) is 5.69 Å². The van der Waals surface area contributed by atoms with Gasteiger partial charge in [0, 0.05) is 10.6 Å². The third-order valence-electron chi connectivity index (χ3n) is 7.78. The molecule has 2 atom stereocenters. The Kier molecular flexibility index (Phi) is 11.0. The molecule has 0 amide bonds. The molecule has 0 fully saturated rings. The van der Waals surface area contributed by atoms with E-state index in [9.17, 15) is 0 Å². The quantitative estimate of drug-likeness (QED) is 0.0959. The van der Waals surface area contributed by atoms with Gasteiger partial charge in [0.2, 0.25) is 0 Å². The Morgan fingerprint density at radius 1 is 0.795 bits per heavy atom. The largest absolute Gasteiger partial charge is 0.378 e. The topological polar surface area (TPSA) is 63.1 Å². The summed E-state index contributed by atoms with van der Waals surface area (Å²) < 4.78 is 4.66. The summed E-state index contributed by atoms with van der Waals surface area (Å²) >= 11 is 0.960. The molecule has 44 heavy (non-hydrogen) atoms. The first-order valence-corrected chi connectivity index (χ1v) is 15.7. The van der Waals surface area contributed by atoms with Crippen molar-refractivity contribution in [3.63, 3.8) is 0 Å². The fourth-order valence-electron chi connectivity index (χ4n) is 5.51. The molecule has 0 radical (unpaired) electrons. The third kappa shape index (κ3) is 7.84. The number of rotatable bonds is 12. The maximum absolute atomic E-state index is 8.59. The van der Waals surface area contributed by atoms with Crippen molar-refractivity contribution < 1.29 is 14.6 Å². The van der Waals surface area contributed by atoms with E-state index >= 15 is 0 Å². The van der Waals surface area contributed by atoms with Crippen LogP contribution in [0.1, 0.15) is 66.6 Å². The van der Waals surface area contributed by atoms with Crippen LogP contribution in [0.25, 0.3) is 5.57 Å². The lowest BCUT2D eigenvalue weighted by atomic mass is 9.88. The van der Waals surface area contributed by atoms with Gasteiger partial charge in [-0.2, -0.15) is 0 Å². The number of nitrogens with one attached hydrogen (secondary N) is 1. The van der Waals surface area contributed by atoms with E-state index in [-0.39, 0.29) is 12.1 Å². The van der Waals surface area contributed by atoms with Gasteiger partial charge in [0.15, 0.2) is 0 Å². The number of allylic oxidation sites excluding steroid dienone is 5. The monoisotopic (exact) mass is 602 g/mol. The van der Waals surface area contributed by atoms with E-state index in [4.69, 9.17) is 10.2 Å². The molecule has 4 aromatic rings. The van der Waals surface area contributed by atoms with Crippen LogP contribution in [0.15, 0.2) is 143 Å². The predicted octanol–water partition coefficient (Wildman–Crippen LogP) is 10.5. The van der Waals surface area contributed by atoms with Crippen molar-refractivity contribution in [3.8, 4) is 0 Å². The van der Waals surface area contributed by atoms with E-state index in [0.717, 1.165) is 69.0 Å². The second-order valence-corrected chi connectivity index (χ2v) is 11.5. The van der Waals surface area contributed by atoms with Gasteiger partial charge in [-0.3, -0.25) is 4.99 Å². The number of benzene rings is 4. The maximum Gasteiger partial charge on any atom is 0.0753 e. The number of hydrogen-bond acceptors (Lipinski definition) is 6. The molecular weight excluding hydrogens is 564 g/mol. The van der Waals surface area contributed by atoms with Gasteiger partial charge in [0.25, 0.3) is 0 Å². The van der Waals surface area contributed by atoms with Crippen LogP contribution >= 0.6 is 12.0 Å². The van der Waals surface area contributed by atoms with Gasteiger partial charge in [-0.25, -0.2) is 5.26 Å². The molecular formula is C38H38N2O3S. The molecule has 1 aliphatic rings. The highest BCUT2D eigenvalue weighted by molar-refractivity contribution is 7.94. The van der Waals surface area contributed by atoms with Crippen molar-refractivity contribution in [2.24, 2.45) is 4.99 Å². The SMILES string of the molecule is CCC(N=C1C=CC(=C(c2ccc(NC(CC)c3ccccc3)cc2)c2ccc(SOOO)cc2C)C=C1)c1ccccc1. The molecule has 224 valence electrons. The molecule has 0 spiro atoms. The number of hydrogen-bond donors (Lipinski definition) is 2. The molecule has 2 unspecified atom stereocenters. The highest BCUT2D eigenvalue weighted by Crippen LogP contribution is 2.35. The molecule has 1 aliphatic carbocycles. The van der Waals surface area contributed by atoms with E-state index in [2.05, 4.69) is 145 Å². The van der Waals surface area contributed by atoms with Crippen LogP contribution in [0.2, 0.25) is 0 Å². The minimum absolute atomic E-state index is 0.116. The molecule has 4 aromatic carbocycles. The first kappa shape index (κ1) is 31.2. The Hall–Kier alpha value is -4.20. The van der Waals surface area contributed by atoms with Crippen molar-refractivity contribution in [1.29, 1.82) is 0 Å². The smallest absolute Gasteiger partial charge is 0.0753 e. The number of aliphatic imine (C=N–C) groups is 1. The third-order valence-corrected chi connectivity index (χ3v) is 8.36. The van der Waals surface area contributed by atoms with Gasteiger partial charge in [-0.1, -0.05) is 110 Å². The number of aryl methyl sites for hydroxylation is 1. The molecule has 0 aliphatic heterocycles. The van der Waals surface area contributed by atoms with Crippen molar-refractivity contribution >= 4 is 29.0 Å². The van der Waals surface area contributed by atoms with Crippen molar-refractivity contribution in [2.75, 3.05) is 5.32 Å². The van der Waals surface area contributed by atoms with Gasteiger partial charge in [-0.05, 0) is 95.1 Å². The van der Waals surface area contributed by atoms with Gasteiger partial charge >= 0.3 is 0 Å². The summed E-state index contributed by atoms with van der Waals surface area (Å²) in [6.07, 6.45) is 10.4. The van der Waals surface area contributed by atoms with Crippen LogP contribution in [0.3, 0.4) is 0 Å². The van der Waals surface area contributed by atoms with E-state index in [1.54, 1.807) is 0 Å². The van der Waals surface area contributed by atoms with Crippen molar-refractivity contribution in [1.82, 2.24) is 0 Å². The van der Waals surface area contributed by atoms with E-state index in [1.807, 2.05) is 18.2 Å². The van der Waals surface area contributed by atoms with E-state index < -0.39 is 0 Å². The van der Waals surface area contributed by atoms with Gasteiger partial charge < -0.3 is 5.32 Å². The lowest BCUT2D eigenvalue weighted by Crippen LogP contribution is -2.09. The molecule has 0 aromatic heterocycles. The molecule has 0 saturated heterocycles. The van der Waals surface area contributed by atoms with Crippen molar-refractivity contribution in [3.05, 3.63) is 161 Å². The Balaban J connectivity index is 1.48. The summed E-state index contributed by atoms with van der Waals surface area (Å²) in [5, 5.41) is 16.1. The lowest BCUT2D eigenvalue weighted by Gasteiger charge is -2.20. The van der Waals surface area contributed by atoms with Gasteiger partial charge in [-0.15, -0.1) is 4.33 Å². The Bertz CT molecular complexity index is 1630. The molecule has 0 saturated carbocycles. The fraction of sp³-hybridized carbons (Fsp3) is 0.184. The summed E-state index contributed by atoms with van der Waals surface area (Å²) in [5.74, 6) is 0. The first-order valence-electron chi connectivity index (χ1n) is 15.0. The number of nitrogens with zero attached hydrogens (tertiary/aromatic N) is 1. The van der Waals surface area contributed by atoms with Crippen LogP contribution in [0.5, 0.6) is 0 Å². The lowest BCUT2D eigenvalue weighted by molar-refractivity contribution is -0.432. The second kappa shape index (κ2) is 15.5. The molecule has 5 rings (SSSR count). The average Bonchev–Trinajstić information content (AvgIpc) is 3.08. The highest BCUT2D eigenvalue weighted by Gasteiger charge is 2.16. The van der Waals surface area contributed by atoms with Crippen LogP contribution in [-0.4, -0.2) is 11.0 Å². The highest BCUT2D eigenvalue weighted by atomic mass is 32.2. The molecule has 0 heterocycles. The van der Waals surface area contributed by atoms with Crippen LogP contribution in [0, 0.1) is 6.92 Å². The van der Waals surface area contributed by atoms with Gasteiger partial charge in [0.1, 0.15) is 0 Å². The minimum Gasteiger partial charge on any atom is -0.378 e. The van der Waals surface area contributed by atoms with Crippen molar-refractivity contribution in [2.45, 2.75) is 50.6 Å². The summed E-state index contributed by atoms with van der Waals surface area (Å²) in [4.78, 5) is 5.88. The molecule has 0 bridgehead atoms. The maximum atomic E-state index is 8.59. The standard InChI is InChI=1S/C38H38N2O3S/c1-4-36(28-12-8-6-9-13-28)39-32-20-16-30(17-21-32)38(35-25-24-34(26-27(35)3)44-43-42-41)31-18-22-33(23-19-31)40-37(5-2)29-14-10-7-11-15-29/h6-26,36-37,39,41H,4-5H2,1-3H3. The average molecular weight is 603 g/mol. The van der Waals surface area contributed by atoms with E-state index in [1.165, 1.54) is 11.1 Å². The Morgan fingerprint density at radius 3 is 2.05 bits per heavy atom. The zero-order valence-electron chi connectivity index (χ0n) is 25.3. The summed E-state index contributed by atoms with van der Waals surface area (Å²) in [7, 11) is 0. The summed E-state index contributed by atoms with van der Waals surface area (Å²) in [6, 6.07) is 36.1. The minimum atomic E-state index is 0.116. The fourth-order valence-corrected chi connectivity index (χ4v) is 5.97. The molecule has 6 heteroatoms. The van der Waals surface area contributed by atoms with Crippen LogP contribution < -0.4 is 5.32 Å². The normalized spacial score (nSPS) is 13.9. The Morgan fingerprint density at radius 2 is 1.45 bits per heavy atom. The summed E-state index contributed by atoms with van der Waals surface area (Å²) in [6.45, 7) is 6.45. The molecule has 2 N–H and O–H groups in total. The predicted molar refractivity (Wildman–Crippen MR) is 183 cm³/mol. The summed E-state index contributed by atoms with van der Waals surface area (Å²) in [5.41, 5.74) is 10.1.